The van der Waals surface area contributed by atoms with E-state index in [1.807, 2.05) is 15.9 Å². The SMILES string of the molecule is COCC1(C(=O)N2CCN(c3ccc(F)cc3C#N)CC2)CNC1. The standard InChI is InChI=1S/C17H21FN4O2/c1-24-12-17(10-20-11-17)16(23)22-6-4-21(5-7-22)15-3-2-14(18)8-13(15)9-19/h2-3,8,20H,4-7,10-12H2,1H3. The Balaban J connectivity index is 1.66. The van der Waals surface area contributed by atoms with Gasteiger partial charge in [-0.25, -0.2) is 4.39 Å². The molecule has 1 amide bonds. The zero-order valence-corrected chi connectivity index (χ0v) is 13.7. The molecule has 128 valence electrons. The zero-order valence-electron chi connectivity index (χ0n) is 13.7. The van der Waals surface area contributed by atoms with E-state index in [9.17, 15) is 14.4 Å². The first kappa shape index (κ1) is 16.7. The summed E-state index contributed by atoms with van der Waals surface area (Å²) >= 11 is 0. The van der Waals surface area contributed by atoms with E-state index in [0.717, 1.165) is 5.69 Å². The molecule has 0 aliphatic carbocycles. The third-order valence-electron chi connectivity index (χ3n) is 4.79. The molecule has 1 aromatic carbocycles. The molecule has 0 bridgehead atoms. The van der Waals surface area contributed by atoms with E-state index in [4.69, 9.17) is 4.74 Å². The highest BCUT2D eigenvalue weighted by Crippen LogP contribution is 2.28. The Morgan fingerprint density at radius 3 is 2.62 bits per heavy atom. The van der Waals surface area contributed by atoms with Gasteiger partial charge >= 0.3 is 0 Å². The van der Waals surface area contributed by atoms with Crippen LogP contribution in [0.2, 0.25) is 0 Å². The Morgan fingerprint density at radius 1 is 1.38 bits per heavy atom. The molecule has 2 aliphatic heterocycles. The molecular weight excluding hydrogens is 311 g/mol. The lowest BCUT2D eigenvalue weighted by atomic mass is 9.81. The van der Waals surface area contributed by atoms with Gasteiger partial charge in [0.2, 0.25) is 5.91 Å². The van der Waals surface area contributed by atoms with Crippen LogP contribution in [-0.2, 0) is 9.53 Å². The van der Waals surface area contributed by atoms with Crippen molar-refractivity contribution in [1.29, 1.82) is 5.26 Å². The van der Waals surface area contributed by atoms with E-state index in [2.05, 4.69) is 5.32 Å². The lowest BCUT2D eigenvalue weighted by Crippen LogP contribution is -2.66. The number of ether oxygens (including phenoxy) is 1. The molecule has 6 nitrogen and oxygen atoms in total. The molecule has 7 heteroatoms. The van der Waals surface area contributed by atoms with Crippen molar-refractivity contribution in [3.63, 3.8) is 0 Å². The van der Waals surface area contributed by atoms with Gasteiger partial charge < -0.3 is 19.9 Å². The van der Waals surface area contributed by atoms with Crippen molar-refractivity contribution in [2.75, 3.05) is 57.9 Å². The largest absolute Gasteiger partial charge is 0.383 e. The summed E-state index contributed by atoms with van der Waals surface area (Å²) in [5.74, 6) is -0.287. The maximum atomic E-state index is 13.3. The smallest absolute Gasteiger partial charge is 0.233 e. The van der Waals surface area contributed by atoms with E-state index in [1.165, 1.54) is 12.1 Å². The van der Waals surface area contributed by atoms with Crippen LogP contribution in [0.3, 0.4) is 0 Å². The van der Waals surface area contributed by atoms with Crippen LogP contribution in [0.5, 0.6) is 0 Å². The summed E-state index contributed by atoms with van der Waals surface area (Å²) in [6.07, 6.45) is 0. The van der Waals surface area contributed by atoms with Gasteiger partial charge in [0, 0.05) is 46.4 Å². The molecule has 0 aromatic heterocycles. The summed E-state index contributed by atoms with van der Waals surface area (Å²) in [6, 6.07) is 6.29. The number of halogens is 1. The number of carbonyl (C=O) groups excluding carboxylic acids is 1. The van der Waals surface area contributed by atoms with E-state index in [1.54, 1.807) is 13.2 Å². The average Bonchev–Trinajstić information content (AvgIpc) is 2.57. The highest BCUT2D eigenvalue weighted by molar-refractivity contribution is 5.85. The molecule has 24 heavy (non-hydrogen) atoms. The van der Waals surface area contributed by atoms with Crippen molar-refractivity contribution in [3.05, 3.63) is 29.6 Å². The predicted octanol–water partition coefficient (Wildman–Crippen LogP) is 0.582. The number of nitrogens with one attached hydrogen (secondary N) is 1. The van der Waals surface area contributed by atoms with Crippen LogP contribution in [0.4, 0.5) is 10.1 Å². The molecule has 2 aliphatic rings. The minimum absolute atomic E-state index is 0.127. The van der Waals surface area contributed by atoms with E-state index >= 15 is 0 Å². The van der Waals surface area contributed by atoms with Crippen molar-refractivity contribution in [3.8, 4) is 6.07 Å². The number of nitriles is 1. The van der Waals surface area contributed by atoms with Crippen molar-refractivity contribution in [1.82, 2.24) is 10.2 Å². The number of hydrogen-bond acceptors (Lipinski definition) is 5. The number of piperazine rings is 1. The molecule has 0 spiro atoms. The first-order chi connectivity index (χ1) is 11.6. The van der Waals surface area contributed by atoms with Crippen LogP contribution in [0.1, 0.15) is 5.56 Å². The summed E-state index contributed by atoms with van der Waals surface area (Å²) in [4.78, 5) is 16.7. The Hall–Kier alpha value is -2.17. The van der Waals surface area contributed by atoms with Crippen LogP contribution in [0, 0.1) is 22.6 Å². The molecule has 0 atom stereocenters. The Morgan fingerprint density at radius 2 is 2.08 bits per heavy atom. The van der Waals surface area contributed by atoms with Gasteiger partial charge in [-0.15, -0.1) is 0 Å². The molecule has 1 aromatic rings. The third-order valence-corrected chi connectivity index (χ3v) is 4.79. The van der Waals surface area contributed by atoms with Crippen LogP contribution >= 0.6 is 0 Å². The van der Waals surface area contributed by atoms with Crippen molar-refractivity contribution >= 4 is 11.6 Å². The topological polar surface area (TPSA) is 68.6 Å². The lowest BCUT2D eigenvalue weighted by molar-refractivity contribution is -0.149. The highest BCUT2D eigenvalue weighted by Gasteiger charge is 2.47. The second kappa shape index (κ2) is 6.75. The Kier molecular flexibility index (Phi) is 4.69. The van der Waals surface area contributed by atoms with Gasteiger partial charge in [-0.3, -0.25) is 4.79 Å². The van der Waals surface area contributed by atoms with Crippen LogP contribution < -0.4 is 10.2 Å². The maximum absolute atomic E-state index is 13.3. The molecule has 0 saturated carbocycles. The minimum atomic E-state index is -0.440. The fourth-order valence-electron chi connectivity index (χ4n) is 3.38. The first-order valence-electron chi connectivity index (χ1n) is 8.03. The molecule has 2 heterocycles. The van der Waals surface area contributed by atoms with Gasteiger partial charge in [-0.2, -0.15) is 5.26 Å². The summed E-state index contributed by atoms with van der Waals surface area (Å²) in [7, 11) is 1.61. The minimum Gasteiger partial charge on any atom is -0.383 e. The fraction of sp³-hybridized carbons (Fsp3) is 0.529. The quantitative estimate of drug-likeness (QED) is 0.874. The number of nitrogens with zero attached hydrogens (tertiary/aromatic N) is 3. The predicted molar refractivity (Wildman–Crippen MR) is 87.1 cm³/mol. The first-order valence-corrected chi connectivity index (χ1v) is 8.03. The number of hydrogen-bond donors (Lipinski definition) is 1. The van der Waals surface area contributed by atoms with Gasteiger partial charge in [0.1, 0.15) is 11.9 Å². The molecular formula is C17H21FN4O2. The van der Waals surface area contributed by atoms with Gasteiger partial charge in [-0.1, -0.05) is 0 Å². The van der Waals surface area contributed by atoms with Gasteiger partial charge in [0.15, 0.2) is 0 Å². The molecule has 3 rings (SSSR count). The summed E-state index contributed by atoms with van der Waals surface area (Å²) in [6.45, 7) is 4.16. The third kappa shape index (κ3) is 2.95. The molecule has 0 radical (unpaired) electrons. The van der Waals surface area contributed by atoms with Crippen molar-refractivity contribution in [2.45, 2.75) is 0 Å². The van der Waals surface area contributed by atoms with Gasteiger partial charge in [-0.05, 0) is 18.2 Å². The van der Waals surface area contributed by atoms with E-state index < -0.39 is 11.2 Å². The summed E-state index contributed by atoms with van der Waals surface area (Å²) < 4.78 is 18.5. The molecule has 0 unspecified atom stereocenters. The maximum Gasteiger partial charge on any atom is 0.233 e. The highest BCUT2D eigenvalue weighted by atomic mass is 19.1. The number of anilines is 1. The normalized spacial score (nSPS) is 19.5. The van der Waals surface area contributed by atoms with Crippen molar-refractivity contribution in [2.24, 2.45) is 5.41 Å². The number of benzene rings is 1. The van der Waals surface area contributed by atoms with E-state index in [-0.39, 0.29) is 5.91 Å². The second-order valence-electron chi connectivity index (χ2n) is 6.37. The Labute approximate surface area is 140 Å². The van der Waals surface area contributed by atoms with Gasteiger partial charge in [0.25, 0.3) is 0 Å². The summed E-state index contributed by atoms with van der Waals surface area (Å²) in [5.41, 5.74) is 0.613. The number of amides is 1. The number of rotatable bonds is 4. The average molecular weight is 332 g/mol. The van der Waals surface area contributed by atoms with Gasteiger partial charge in [0.05, 0.1) is 23.3 Å². The van der Waals surface area contributed by atoms with Crippen LogP contribution in [-0.4, -0.2) is 63.8 Å². The zero-order chi connectivity index (χ0) is 17.2. The van der Waals surface area contributed by atoms with Crippen molar-refractivity contribution < 1.29 is 13.9 Å². The van der Waals surface area contributed by atoms with Crippen LogP contribution in [0.25, 0.3) is 0 Å². The molecule has 2 saturated heterocycles. The van der Waals surface area contributed by atoms with Crippen LogP contribution in [0.15, 0.2) is 18.2 Å². The Bertz CT molecular complexity index is 661. The van der Waals surface area contributed by atoms with E-state index in [0.29, 0.717) is 51.4 Å². The lowest BCUT2D eigenvalue weighted by Gasteiger charge is -2.46. The number of carbonyl (C=O) groups is 1. The molecule has 1 N–H and O–H groups in total. The molecule has 2 fully saturated rings. The fourth-order valence-corrected chi connectivity index (χ4v) is 3.38. The monoisotopic (exact) mass is 332 g/mol. The summed E-state index contributed by atoms with van der Waals surface area (Å²) in [5, 5.41) is 12.3. The second-order valence-corrected chi connectivity index (χ2v) is 6.37. The number of methoxy groups -OCH3 is 1.